The standard InChI is InChI=1S/C19H16N4OS/c1-12-17(13(2)23(22-12)14-8-4-3-5-9-14)18(24)21-19-20-15-10-6-7-11-16(15)25-19/h3-11H,1-2H3,(H,20,21,24). The van der Waals surface area contributed by atoms with Crippen molar-refractivity contribution >= 4 is 32.6 Å². The fourth-order valence-corrected chi connectivity index (χ4v) is 3.74. The first-order valence-corrected chi connectivity index (χ1v) is 8.73. The molecule has 5 nitrogen and oxygen atoms in total. The van der Waals surface area contributed by atoms with Crippen LogP contribution in [0.3, 0.4) is 0 Å². The number of aryl methyl sites for hydroxylation is 1. The Labute approximate surface area is 149 Å². The van der Waals surface area contributed by atoms with Gasteiger partial charge in [0.2, 0.25) is 0 Å². The predicted octanol–water partition coefficient (Wildman–Crippen LogP) is 4.35. The summed E-state index contributed by atoms with van der Waals surface area (Å²) >= 11 is 1.46. The monoisotopic (exact) mass is 348 g/mol. The highest BCUT2D eigenvalue weighted by Gasteiger charge is 2.20. The molecule has 0 aliphatic carbocycles. The summed E-state index contributed by atoms with van der Waals surface area (Å²) in [6.07, 6.45) is 0. The van der Waals surface area contributed by atoms with E-state index in [9.17, 15) is 4.79 Å². The van der Waals surface area contributed by atoms with Crippen LogP contribution in [0, 0.1) is 13.8 Å². The summed E-state index contributed by atoms with van der Waals surface area (Å²) in [5, 5.41) is 8.03. The number of carbonyl (C=O) groups is 1. The van der Waals surface area contributed by atoms with Crippen LogP contribution in [0.15, 0.2) is 54.6 Å². The van der Waals surface area contributed by atoms with Crippen molar-refractivity contribution in [2.45, 2.75) is 13.8 Å². The Bertz CT molecular complexity index is 1030. The number of hydrogen-bond acceptors (Lipinski definition) is 4. The first kappa shape index (κ1) is 15.5. The summed E-state index contributed by atoms with van der Waals surface area (Å²) in [7, 11) is 0. The van der Waals surface area contributed by atoms with Crippen LogP contribution < -0.4 is 5.32 Å². The van der Waals surface area contributed by atoms with E-state index in [1.165, 1.54) is 11.3 Å². The molecule has 1 N–H and O–H groups in total. The molecule has 2 aromatic heterocycles. The number of para-hydroxylation sites is 2. The van der Waals surface area contributed by atoms with Gasteiger partial charge in [-0.25, -0.2) is 9.67 Å². The lowest BCUT2D eigenvalue weighted by molar-refractivity contribution is 0.102. The van der Waals surface area contributed by atoms with Crippen LogP contribution >= 0.6 is 11.3 Å². The Kier molecular flexibility index (Phi) is 3.82. The van der Waals surface area contributed by atoms with Crippen LogP contribution in [-0.4, -0.2) is 20.7 Å². The summed E-state index contributed by atoms with van der Waals surface area (Å²) in [4.78, 5) is 17.2. The number of fused-ring (bicyclic) bond motifs is 1. The number of nitrogens with zero attached hydrogens (tertiary/aromatic N) is 3. The number of nitrogens with one attached hydrogen (secondary N) is 1. The van der Waals surface area contributed by atoms with Crippen molar-refractivity contribution < 1.29 is 4.79 Å². The normalized spacial score (nSPS) is 11.0. The first-order chi connectivity index (χ1) is 12.1. The van der Waals surface area contributed by atoms with Crippen molar-refractivity contribution in [2.75, 3.05) is 5.32 Å². The van der Waals surface area contributed by atoms with Crippen LogP contribution in [-0.2, 0) is 0 Å². The Morgan fingerprint density at radius 3 is 2.52 bits per heavy atom. The van der Waals surface area contributed by atoms with Gasteiger partial charge in [0.05, 0.1) is 32.9 Å². The van der Waals surface area contributed by atoms with Gasteiger partial charge in [-0.1, -0.05) is 41.7 Å². The maximum atomic E-state index is 12.8. The summed E-state index contributed by atoms with van der Waals surface area (Å²) < 4.78 is 2.84. The summed E-state index contributed by atoms with van der Waals surface area (Å²) in [5.74, 6) is -0.184. The highest BCUT2D eigenvalue weighted by Crippen LogP contribution is 2.26. The van der Waals surface area contributed by atoms with E-state index in [2.05, 4.69) is 15.4 Å². The average molecular weight is 348 g/mol. The fourth-order valence-electron chi connectivity index (χ4n) is 2.88. The Balaban J connectivity index is 1.67. The average Bonchev–Trinajstić information content (AvgIpc) is 3.15. The molecule has 0 spiro atoms. The van der Waals surface area contributed by atoms with Gasteiger partial charge in [-0.15, -0.1) is 0 Å². The van der Waals surface area contributed by atoms with Crippen LogP contribution in [0.2, 0.25) is 0 Å². The van der Waals surface area contributed by atoms with Crippen molar-refractivity contribution in [3.05, 3.63) is 71.5 Å². The third-order valence-electron chi connectivity index (χ3n) is 4.03. The third-order valence-corrected chi connectivity index (χ3v) is 4.99. The van der Waals surface area contributed by atoms with Gasteiger partial charge in [0.1, 0.15) is 0 Å². The van der Waals surface area contributed by atoms with Gasteiger partial charge in [0.25, 0.3) is 5.91 Å². The Hall–Kier alpha value is -2.99. The molecule has 0 unspecified atom stereocenters. The SMILES string of the molecule is Cc1nn(-c2ccccc2)c(C)c1C(=O)Nc1nc2ccccc2s1. The van der Waals surface area contributed by atoms with Gasteiger partial charge < -0.3 is 0 Å². The van der Waals surface area contributed by atoms with E-state index in [4.69, 9.17) is 0 Å². The molecule has 0 radical (unpaired) electrons. The molecule has 0 saturated heterocycles. The van der Waals surface area contributed by atoms with Crippen molar-refractivity contribution in [3.63, 3.8) is 0 Å². The van der Waals surface area contributed by atoms with E-state index in [0.29, 0.717) is 16.4 Å². The fraction of sp³-hybridized carbons (Fsp3) is 0.105. The van der Waals surface area contributed by atoms with Crippen LogP contribution in [0.25, 0.3) is 15.9 Å². The third kappa shape index (κ3) is 2.81. The summed E-state index contributed by atoms with van der Waals surface area (Å²) in [6, 6.07) is 17.6. The molecule has 0 bridgehead atoms. The number of amides is 1. The lowest BCUT2D eigenvalue weighted by Gasteiger charge is -2.05. The van der Waals surface area contributed by atoms with E-state index in [1.54, 1.807) is 4.68 Å². The molecular formula is C19H16N4OS. The molecule has 0 atom stereocenters. The zero-order chi connectivity index (χ0) is 17.4. The number of thiazole rings is 1. The maximum Gasteiger partial charge on any atom is 0.261 e. The molecular weight excluding hydrogens is 332 g/mol. The second-order valence-corrected chi connectivity index (χ2v) is 6.76. The van der Waals surface area contributed by atoms with Gasteiger partial charge in [-0.3, -0.25) is 10.1 Å². The molecule has 2 heterocycles. The molecule has 1 amide bonds. The van der Waals surface area contributed by atoms with Gasteiger partial charge in [0.15, 0.2) is 5.13 Å². The molecule has 0 saturated carbocycles. The van der Waals surface area contributed by atoms with Gasteiger partial charge >= 0.3 is 0 Å². The zero-order valence-corrected chi connectivity index (χ0v) is 14.7. The minimum absolute atomic E-state index is 0.184. The first-order valence-electron chi connectivity index (χ1n) is 7.92. The van der Waals surface area contributed by atoms with Crippen molar-refractivity contribution in [3.8, 4) is 5.69 Å². The molecule has 2 aromatic carbocycles. The molecule has 6 heteroatoms. The van der Waals surface area contributed by atoms with E-state index < -0.39 is 0 Å². The molecule has 4 rings (SSSR count). The van der Waals surface area contributed by atoms with E-state index in [-0.39, 0.29) is 5.91 Å². The number of rotatable bonds is 3. The summed E-state index contributed by atoms with van der Waals surface area (Å²) in [5.41, 5.74) is 3.91. The molecule has 4 aromatic rings. The number of carbonyl (C=O) groups excluding carboxylic acids is 1. The zero-order valence-electron chi connectivity index (χ0n) is 13.9. The van der Waals surface area contributed by atoms with E-state index in [1.807, 2.05) is 68.4 Å². The minimum atomic E-state index is -0.184. The quantitative estimate of drug-likeness (QED) is 0.599. The van der Waals surface area contributed by atoms with Gasteiger partial charge in [0, 0.05) is 0 Å². The number of hydrogen-bond donors (Lipinski definition) is 1. The van der Waals surface area contributed by atoms with Gasteiger partial charge in [-0.05, 0) is 38.1 Å². The topological polar surface area (TPSA) is 59.8 Å². The predicted molar refractivity (Wildman–Crippen MR) is 101 cm³/mol. The van der Waals surface area contributed by atoms with Crippen LogP contribution in [0.5, 0.6) is 0 Å². The summed E-state index contributed by atoms with van der Waals surface area (Å²) in [6.45, 7) is 3.75. The smallest absolute Gasteiger partial charge is 0.261 e. The van der Waals surface area contributed by atoms with Crippen LogP contribution in [0.1, 0.15) is 21.7 Å². The van der Waals surface area contributed by atoms with E-state index >= 15 is 0 Å². The molecule has 0 fully saturated rings. The van der Waals surface area contributed by atoms with Crippen molar-refractivity contribution in [1.82, 2.24) is 14.8 Å². The van der Waals surface area contributed by atoms with Crippen molar-refractivity contribution in [2.24, 2.45) is 0 Å². The van der Waals surface area contributed by atoms with Crippen molar-refractivity contribution in [1.29, 1.82) is 0 Å². The number of aromatic nitrogens is 3. The lowest BCUT2D eigenvalue weighted by Crippen LogP contribution is -2.14. The molecule has 0 aliphatic rings. The molecule has 124 valence electrons. The second kappa shape index (κ2) is 6.14. The van der Waals surface area contributed by atoms with Gasteiger partial charge in [-0.2, -0.15) is 5.10 Å². The lowest BCUT2D eigenvalue weighted by atomic mass is 10.2. The molecule has 25 heavy (non-hydrogen) atoms. The highest BCUT2D eigenvalue weighted by molar-refractivity contribution is 7.22. The van der Waals surface area contributed by atoms with Crippen LogP contribution in [0.4, 0.5) is 5.13 Å². The Morgan fingerprint density at radius 2 is 1.76 bits per heavy atom. The molecule has 0 aliphatic heterocycles. The number of benzene rings is 2. The minimum Gasteiger partial charge on any atom is -0.298 e. The Morgan fingerprint density at radius 1 is 1.04 bits per heavy atom. The maximum absolute atomic E-state index is 12.8. The largest absolute Gasteiger partial charge is 0.298 e. The van der Waals surface area contributed by atoms with E-state index in [0.717, 1.165) is 21.6 Å². The highest BCUT2D eigenvalue weighted by atomic mass is 32.1. The second-order valence-electron chi connectivity index (χ2n) is 5.73. The number of anilines is 1.